The number of carboxylic acid groups (broad SMARTS) is 1. The quantitative estimate of drug-likeness (QED) is 0.736. The number of carboxylic acids is 1. The predicted molar refractivity (Wildman–Crippen MR) is 58.1 cm³/mol. The Morgan fingerprint density at radius 1 is 1.50 bits per heavy atom. The van der Waals surface area contributed by atoms with E-state index in [9.17, 15) is 9.59 Å². The van der Waals surface area contributed by atoms with Gasteiger partial charge in [-0.25, -0.2) is 4.79 Å². The monoisotopic (exact) mass is 226 g/mol. The molecule has 1 unspecified atom stereocenters. The first kappa shape index (κ1) is 11.2. The van der Waals surface area contributed by atoms with Crippen LogP contribution in [0.2, 0.25) is 0 Å². The molecule has 90 valence electrons. The van der Waals surface area contributed by atoms with Crippen LogP contribution in [0.5, 0.6) is 0 Å². The van der Waals surface area contributed by atoms with Gasteiger partial charge >= 0.3 is 12.0 Å². The second-order valence-corrected chi connectivity index (χ2v) is 4.69. The normalized spacial score (nSPS) is 25.4. The third-order valence-electron chi connectivity index (χ3n) is 3.55. The summed E-state index contributed by atoms with van der Waals surface area (Å²) >= 11 is 0. The maximum atomic E-state index is 11.6. The average Bonchev–Trinajstić information content (AvgIpc) is 2.44. The van der Waals surface area contributed by atoms with E-state index < -0.39 is 5.97 Å². The van der Waals surface area contributed by atoms with Gasteiger partial charge in [-0.05, 0) is 25.2 Å². The van der Waals surface area contributed by atoms with Gasteiger partial charge in [0.05, 0.1) is 6.04 Å². The number of aliphatic carboxylic acids is 1. The highest BCUT2D eigenvalue weighted by Gasteiger charge is 2.36. The van der Waals surface area contributed by atoms with Crippen molar-refractivity contribution in [2.45, 2.75) is 38.1 Å². The number of urea groups is 1. The highest BCUT2D eigenvalue weighted by Crippen LogP contribution is 2.31. The van der Waals surface area contributed by atoms with Crippen molar-refractivity contribution in [3.8, 4) is 0 Å². The molecular weight excluding hydrogens is 208 g/mol. The van der Waals surface area contributed by atoms with Crippen LogP contribution in [0.25, 0.3) is 0 Å². The van der Waals surface area contributed by atoms with E-state index in [2.05, 4.69) is 5.32 Å². The number of hydrogen-bond donors (Lipinski definition) is 2. The standard InChI is InChI=1S/C11H18N2O3/c14-10(15)5-2-6-13-7-9(12-11(13)16)8-3-1-4-8/h8-9H,1-7H2,(H,12,16)(H,14,15). The first-order valence-corrected chi connectivity index (χ1v) is 5.94. The molecule has 2 N–H and O–H groups in total. The third-order valence-corrected chi connectivity index (χ3v) is 3.55. The topological polar surface area (TPSA) is 69.6 Å². The largest absolute Gasteiger partial charge is 0.481 e. The van der Waals surface area contributed by atoms with Crippen molar-refractivity contribution in [1.29, 1.82) is 0 Å². The fourth-order valence-electron chi connectivity index (χ4n) is 2.34. The summed E-state index contributed by atoms with van der Waals surface area (Å²) in [5.41, 5.74) is 0. The van der Waals surface area contributed by atoms with Crippen LogP contribution in [0, 0.1) is 5.92 Å². The first-order valence-electron chi connectivity index (χ1n) is 5.94. The molecule has 2 amide bonds. The maximum Gasteiger partial charge on any atom is 0.317 e. The Balaban J connectivity index is 1.73. The zero-order valence-corrected chi connectivity index (χ0v) is 9.32. The van der Waals surface area contributed by atoms with E-state index in [1.165, 1.54) is 19.3 Å². The number of amides is 2. The molecule has 0 radical (unpaired) electrons. The molecule has 0 spiro atoms. The van der Waals surface area contributed by atoms with Crippen molar-refractivity contribution in [2.24, 2.45) is 5.92 Å². The second-order valence-electron chi connectivity index (χ2n) is 4.69. The second kappa shape index (κ2) is 4.72. The Labute approximate surface area is 94.8 Å². The van der Waals surface area contributed by atoms with Gasteiger partial charge in [-0.15, -0.1) is 0 Å². The van der Waals surface area contributed by atoms with Gasteiger partial charge in [-0.1, -0.05) is 6.42 Å². The van der Waals surface area contributed by atoms with Crippen LogP contribution in [0.1, 0.15) is 32.1 Å². The van der Waals surface area contributed by atoms with E-state index in [1.807, 2.05) is 0 Å². The van der Waals surface area contributed by atoms with Crippen LogP contribution in [0.15, 0.2) is 0 Å². The van der Waals surface area contributed by atoms with Gasteiger partial charge in [-0.2, -0.15) is 0 Å². The highest BCUT2D eigenvalue weighted by molar-refractivity contribution is 5.77. The third kappa shape index (κ3) is 2.46. The molecule has 5 nitrogen and oxygen atoms in total. The van der Waals surface area contributed by atoms with E-state index in [1.54, 1.807) is 4.90 Å². The van der Waals surface area contributed by atoms with Crippen molar-refractivity contribution >= 4 is 12.0 Å². The zero-order valence-electron chi connectivity index (χ0n) is 9.32. The molecule has 1 aliphatic carbocycles. The van der Waals surface area contributed by atoms with E-state index in [0.717, 1.165) is 6.54 Å². The smallest absolute Gasteiger partial charge is 0.317 e. The summed E-state index contributed by atoms with van der Waals surface area (Å²) in [5, 5.41) is 11.5. The van der Waals surface area contributed by atoms with E-state index in [0.29, 0.717) is 24.9 Å². The molecule has 2 fully saturated rings. The minimum Gasteiger partial charge on any atom is -0.481 e. The van der Waals surface area contributed by atoms with Crippen molar-refractivity contribution in [3.05, 3.63) is 0 Å². The van der Waals surface area contributed by atoms with Gasteiger partial charge in [0, 0.05) is 19.5 Å². The number of carbonyl (C=O) groups is 2. The lowest BCUT2D eigenvalue weighted by atomic mass is 9.80. The summed E-state index contributed by atoms with van der Waals surface area (Å²) < 4.78 is 0. The van der Waals surface area contributed by atoms with Crippen LogP contribution in [-0.2, 0) is 4.79 Å². The number of nitrogens with one attached hydrogen (secondary N) is 1. The molecule has 0 aromatic carbocycles. The summed E-state index contributed by atoms with van der Waals surface area (Å²) in [6.45, 7) is 1.31. The zero-order chi connectivity index (χ0) is 11.5. The Morgan fingerprint density at radius 2 is 2.25 bits per heavy atom. The van der Waals surface area contributed by atoms with Gasteiger partial charge in [0.1, 0.15) is 0 Å². The Kier molecular flexibility index (Phi) is 3.31. The van der Waals surface area contributed by atoms with Crippen LogP contribution in [0.4, 0.5) is 4.79 Å². The lowest BCUT2D eigenvalue weighted by molar-refractivity contribution is -0.137. The number of carbonyl (C=O) groups excluding carboxylic acids is 1. The lowest BCUT2D eigenvalue weighted by Crippen LogP contribution is -2.37. The molecule has 5 heteroatoms. The molecule has 0 bridgehead atoms. The molecule has 1 heterocycles. The van der Waals surface area contributed by atoms with Crippen LogP contribution in [-0.4, -0.2) is 41.1 Å². The summed E-state index contributed by atoms with van der Waals surface area (Å²) in [5.74, 6) is -0.149. The van der Waals surface area contributed by atoms with E-state index >= 15 is 0 Å². The van der Waals surface area contributed by atoms with Gasteiger partial charge in [-0.3, -0.25) is 4.79 Å². The molecule has 1 saturated carbocycles. The molecule has 2 rings (SSSR count). The number of rotatable bonds is 5. The van der Waals surface area contributed by atoms with Crippen molar-refractivity contribution in [3.63, 3.8) is 0 Å². The minimum absolute atomic E-state index is 0.0257. The fourth-order valence-corrected chi connectivity index (χ4v) is 2.34. The lowest BCUT2D eigenvalue weighted by Gasteiger charge is -2.30. The molecule has 0 aromatic heterocycles. The fraction of sp³-hybridized carbons (Fsp3) is 0.818. The molecular formula is C11H18N2O3. The average molecular weight is 226 g/mol. The number of nitrogens with zero attached hydrogens (tertiary/aromatic N) is 1. The van der Waals surface area contributed by atoms with Gasteiger partial charge in [0.2, 0.25) is 0 Å². The summed E-state index contributed by atoms with van der Waals surface area (Å²) in [6, 6.07) is 0.272. The van der Waals surface area contributed by atoms with Crippen LogP contribution < -0.4 is 5.32 Å². The molecule has 1 atom stereocenters. The van der Waals surface area contributed by atoms with E-state index in [-0.39, 0.29) is 12.5 Å². The minimum atomic E-state index is -0.796. The summed E-state index contributed by atoms with van der Waals surface area (Å²) in [6.07, 6.45) is 4.38. The van der Waals surface area contributed by atoms with Crippen molar-refractivity contribution in [2.75, 3.05) is 13.1 Å². The highest BCUT2D eigenvalue weighted by atomic mass is 16.4. The molecule has 0 aromatic rings. The van der Waals surface area contributed by atoms with Crippen LogP contribution >= 0.6 is 0 Å². The summed E-state index contributed by atoms with van der Waals surface area (Å²) in [4.78, 5) is 23.7. The Bertz CT molecular complexity index is 289. The summed E-state index contributed by atoms with van der Waals surface area (Å²) in [7, 11) is 0. The van der Waals surface area contributed by atoms with Gasteiger partial charge in [0.25, 0.3) is 0 Å². The molecule has 1 aliphatic heterocycles. The first-order chi connectivity index (χ1) is 7.66. The van der Waals surface area contributed by atoms with Crippen molar-refractivity contribution in [1.82, 2.24) is 10.2 Å². The number of hydrogen-bond acceptors (Lipinski definition) is 2. The SMILES string of the molecule is O=C(O)CCCN1CC(C2CCC2)NC1=O. The van der Waals surface area contributed by atoms with E-state index in [4.69, 9.17) is 5.11 Å². The molecule has 1 saturated heterocycles. The van der Waals surface area contributed by atoms with Crippen LogP contribution in [0.3, 0.4) is 0 Å². The molecule has 2 aliphatic rings. The van der Waals surface area contributed by atoms with Crippen molar-refractivity contribution < 1.29 is 14.7 Å². The van der Waals surface area contributed by atoms with Gasteiger partial charge < -0.3 is 15.3 Å². The molecule has 16 heavy (non-hydrogen) atoms. The van der Waals surface area contributed by atoms with Gasteiger partial charge in [0.15, 0.2) is 0 Å². The Morgan fingerprint density at radius 3 is 2.81 bits per heavy atom. The predicted octanol–water partition coefficient (Wildman–Crippen LogP) is 1.05. The Hall–Kier alpha value is -1.26. The maximum absolute atomic E-state index is 11.6.